The van der Waals surface area contributed by atoms with Gasteiger partial charge in [-0.15, -0.1) is 0 Å². The van der Waals surface area contributed by atoms with Crippen LogP contribution >= 0.6 is 0 Å². The Morgan fingerprint density at radius 1 is 1.22 bits per heavy atom. The lowest BCUT2D eigenvalue weighted by atomic mass is 10.2. The van der Waals surface area contributed by atoms with Crippen molar-refractivity contribution >= 4 is 11.8 Å². The fourth-order valence-electron chi connectivity index (χ4n) is 2.51. The molecular weight excluding hydrogens is 234 g/mol. The van der Waals surface area contributed by atoms with Crippen LogP contribution in [0.4, 0.5) is 0 Å². The van der Waals surface area contributed by atoms with Crippen molar-refractivity contribution in [3.05, 3.63) is 0 Å². The minimum absolute atomic E-state index is 0.00332. The molecule has 2 heterocycles. The summed E-state index contributed by atoms with van der Waals surface area (Å²) in [7, 11) is 1.52. The van der Waals surface area contributed by atoms with Crippen molar-refractivity contribution in [1.82, 2.24) is 15.1 Å². The van der Waals surface area contributed by atoms with Crippen LogP contribution in [-0.4, -0.2) is 74.1 Å². The molecule has 2 amide bonds. The summed E-state index contributed by atoms with van der Waals surface area (Å²) in [4.78, 5) is 27.4. The fraction of sp³-hybridized carbons (Fsp3) is 0.833. The standard InChI is InChI=1S/C12H21N3O3/c1-18-9-11(16)14-5-7-15(8-6-14)12(17)10-3-2-4-13-10/h10,13H,2-9H2,1H3. The second-order valence-electron chi connectivity index (χ2n) is 4.79. The molecule has 0 aromatic rings. The maximum atomic E-state index is 12.1. The first-order valence-electron chi connectivity index (χ1n) is 6.51. The van der Waals surface area contributed by atoms with E-state index in [9.17, 15) is 9.59 Å². The van der Waals surface area contributed by atoms with Crippen molar-refractivity contribution in [3.63, 3.8) is 0 Å². The van der Waals surface area contributed by atoms with Crippen molar-refractivity contribution in [3.8, 4) is 0 Å². The van der Waals surface area contributed by atoms with Crippen LogP contribution in [0.15, 0.2) is 0 Å². The Kier molecular flexibility index (Phi) is 4.54. The number of rotatable bonds is 3. The highest BCUT2D eigenvalue weighted by Gasteiger charge is 2.30. The van der Waals surface area contributed by atoms with Crippen LogP contribution in [0, 0.1) is 0 Å². The number of carbonyl (C=O) groups is 2. The molecule has 2 rings (SSSR count). The number of methoxy groups -OCH3 is 1. The molecule has 1 atom stereocenters. The average Bonchev–Trinajstić information content (AvgIpc) is 2.92. The summed E-state index contributed by atoms with van der Waals surface area (Å²) < 4.78 is 4.83. The average molecular weight is 255 g/mol. The van der Waals surface area contributed by atoms with Gasteiger partial charge in [-0.3, -0.25) is 9.59 Å². The maximum absolute atomic E-state index is 12.1. The van der Waals surface area contributed by atoms with Gasteiger partial charge in [0.05, 0.1) is 6.04 Å². The third kappa shape index (κ3) is 3.00. The van der Waals surface area contributed by atoms with Gasteiger partial charge in [-0.2, -0.15) is 0 Å². The molecule has 2 aliphatic heterocycles. The highest BCUT2D eigenvalue weighted by Crippen LogP contribution is 2.11. The number of ether oxygens (including phenoxy) is 1. The molecule has 0 saturated carbocycles. The van der Waals surface area contributed by atoms with Gasteiger partial charge < -0.3 is 19.9 Å². The summed E-state index contributed by atoms with van der Waals surface area (Å²) >= 11 is 0. The third-order valence-electron chi connectivity index (χ3n) is 3.57. The number of piperazine rings is 1. The number of nitrogens with zero attached hydrogens (tertiary/aromatic N) is 2. The summed E-state index contributed by atoms with van der Waals surface area (Å²) in [6.45, 7) is 3.54. The zero-order chi connectivity index (χ0) is 13.0. The minimum Gasteiger partial charge on any atom is -0.375 e. The van der Waals surface area contributed by atoms with Gasteiger partial charge in [-0.25, -0.2) is 0 Å². The van der Waals surface area contributed by atoms with E-state index in [4.69, 9.17) is 4.74 Å². The van der Waals surface area contributed by atoms with Crippen molar-refractivity contribution in [1.29, 1.82) is 0 Å². The van der Waals surface area contributed by atoms with E-state index in [1.807, 2.05) is 4.90 Å². The van der Waals surface area contributed by atoms with Crippen LogP contribution in [0.1, 0.15) is 12.8 Å². The first-order valence-corrected chi connectivity index (χ1v) is 6.51. The molecule has 1 N–H and O–H groups in total. The Morgan fingerprint density at radius 2 is 1.89 bits per heavy atom. The van der Waals surface area contributed by atoms with Crippen LogP contribution in [0.5, 0.6) is 0 Å². The number of carbonyl (C=O) groups excluding carboxylic acids is 2. The molecule has 6 nitrogen and oxygen atoms in total. The topological polar surface area (TPSA) is 61.9 Å². The summed E-state index contributed by atoms with van der Waals surface area (Å²) in [5, 5.41) is 3.22. The molecule has 0 spiro atoms. The Labute approximate surface area is 107 Å². The Hall–Kier alpha value is -1.14. The van der Waals surface area contributed by atoms with Gasteiger partial charge in [0.15, 0.2) is 0 Å². The van der Waals surface area contributed by atoms with Crippen LogP contribution in [0.2, 0.25) is 0 Å². The van der Waals surface area contributed by atoms with E-state index in [-0.39, 0.29) is 24.5 Å². The molecule has 1 unspecified atom stereocenters. The predicted molar refractivity (Wildman–Crippen MR) is 66.1 cm³/mol. The molecule has 2 saturated heterocycles. The molecule has 0 aliphatic carbocycles. The largest absolute Gasteiger partial charge is 0.375 e. The number of nitrogens with one attached hydrogen (secondary N) is 1. The lowest BCUT2D eigenvalue weighted by Crippen LogP contribution is -2.54. The third-order valence-corrected chi connectivity index (χ3v) is 3.57. The monoisotopic (exact) mass is 255 g/mol. The van der Waals surface area contributed by atoms with Gasteiger partial charge in [-0.05, 0) is 19.4 Å². The smallest absolute Gasteiger partial charge is 0.248 e. The molecule has 2 fully saturated rings. The minimum atomic E-state index is -0.00812. The second kappa shape index (κ2) is 6.15. The molecule has 0 bridgehead atoms. The van der Waals surface area contributed by atoms with E-state index < -0.39 is 0 Å². The molecule has 6 heteroatoms. The van der Waals surface area contributed by atoms with Gasteiger partial charge in [0, 0.05) is 33.3 Å². The molecule has 0 radical (unpaired) electrons. The van der Waals surface area contributed by atoms with Gasteiger partial charge >= 0.3 is 0 Å². The van der Waals surface area contributed by atoms with Gasteiger partial charge in [0.25, 0.3) is 0 Å². The van der Waals surface area contributed by atoms with Gasteiger partial charge in [0.2, 0.25) is 11.8 Å². The SMILES string of the molecule is COCC(=O)N1CCN(C(=O)C2CCCN2)CC1. The van der Waals surface area contributed by atoms with Gasteiger partial charge in [-0.1, -0.05) is 0 Å². The van der Waals surface area contributed by atoms with Crippen molar-refractivity contribution in [2.24, 2.45) is 0 Å². The zero-order valence-corrected chi connectivity index (χ0v) is 10.9. The van der Waals surface area contributed by atoms with Crippen molar-refractivity contribution in [2.75, 3.05) is 46.4 Å². The quantitative estimate of drug-likeness (QED) is 0.707. The van der Waals surface area contributed by atoms with Gasteiger partial charge in [0.1, 0.15) is 6.61 Å². The zero-order valence-electron chi connectivity index (χ0n) is 10.9. The van der Waals surface area contributed by atoms with Crippen LogP contribution < -0.4 is 5.32 Å². The lowest BCUT2D eigenvalue weighted by molar-refractivity contribution is -0.142. The predicted octanol–water partition coefficient (Wildman–Crippen LogP) is -0.944. The summed E-state index contributed by atoms with van der Waals surface area (Å²) in [5.41, 5.74) is 0. The molecule has 0 aromatic heterocycles. The van der Waals surface area contributed by atoms with E-state index in [0.29, 0.717) is 26.2 Å². The number of amides is 2. The fourth-order valence-corrected chi connectivity index (χ4v) is 2.51. The van der Waals surface area contributed by atoms with E-state index >= 15 is 0 Å². The van der Waals surface area contributed by atoms with Crippen LogP contribution in [-0.2, 0) is 14.3 Å². The van der Waals surface area contributed by atoms with E-state index in [0.717, 1.165) is 19.4 Å². The number of hydrogen-bond acceptors (Lipinski definition) is 4. The highest BCUT2D eigenvalue weighted by molar-refractivity contribution is 5.83. The molecule has 18 heavy (non-hydrogen) atoms. The Morgan fingerprint density at radius 3 is 2.44 bits per heavy atom. The highest BCUT2D eigenvalue weighted by atomic mass is 16.5. The van der Waals surface area contributed by atoms with Crippen molar-refractivity contribution in [2.45, 2.75) is 18.9 Å². The van der Waals surface area contributed by atoms with Crippen LogP contribution in [0.3, 0.4) is 0 Å². The first-order chi connectivity index (χ1) is 8.72. The summed E-state index contributed by atoms with van der Waals surface area (Å²) in [5.74, 6) is 0.190. The van der Waals surface area contributed by atoms with Crippen LogP contribution in [0.25, 0.3) is 0 Å². The molecule has 0 aromatic carbocycles. The van der Waals surface area contributed by atoms with E-state index in [1.165, 1.54) is 7.11 Å². The molecule has 102 valence electrons. The summed E-state index contributed by atoms with van der Waals surface area (Å²) in [6.07, 6.45) is 2.00. The second-order valence-corrected chi connectivity index (χ2v) is 4.79. The Balaban J connectivity index is 1.79. The Bertz CT molecular complexity index is 308. The first kappa shape index (κ1) is 13.3. The van der Waals surface area contributed by atoms with E-state index in [2.05, 4.69) is 5.32 Å². The summed E-state index contributed by atoms with van der Waals surface area (Å²) in [6, 6.07) is -0.00812. The molecular formula is C12H21N3O3. The lowest BCUT2D eigenvalue weighted by Gasteiger charge is -2.35. The van der Waals surface area contributed by atoms with Crippen molar-refractivity contribution < 1.29 is 14.3 Å². The van der Waals surface area contributed by atoms with E-state index in [1.54, 1.807) is 4.90 Å². The normalized spacial score (nSPS) is 24.4. The maximum Gasteiger partial charge on any atom is 0.248 e. The number of hydrogen-bond donors (Lipinski definition) is 1. The molecule has 2 aliphatic rings.